The van der Waals surface area contributed by atoms with Gasteiger partial charge in [0.25, 0.3) is 0 Å². The number of nitrogens with one attached hydrogen (secondary N) is 1. The summed E-state index contributed by atoms with van der Waals surface area (Å²) in [5, 5.41) is 3.70. The Morgan fingerprint density at radius 3 is 2.47 bits per heavy atom. The Hall–Kier alpha value is -0.0800. The maximum absolute atomic E-state index is 6.04. The third-order valence-corrected chi connectivity index (χ3v) is 5.16. The van der Waals surface area contributed by atoms with Gasteiger partial charge in [0.05, 0.1) is 0 Å². The van der Waals surface area contributed by atoms with Crippen LogP contribution < -0.4 is 11.1 Å². The number of nitrogens with two attached hydrogens (primary N) is 1. The van der Waals surface area contributed by atoms with Crippen molar-refractivity contribution in [2.75, 3.05) is 19.6 Å². The number of hydrogen-bond acceptors (Lipinski definition) is 2. The molecule has 0 aromatic heterocycles. The maximum atomic E-state index is 6.04. The minimum Gasteiger partial charge on any atom is -0.330 e. The molecule has 3 N–H and O–H groups in total. The van der Waals surface area contributed by atoms with Crippen LogP contribution in [0.1, 0.15) is 78.1 Å². The van der Waals surface area contributed by atoms with Crippen molar-refractivity contribution in [1.82, 2.24) is 5.32 Å². The van der Waals surface area contributed by atoms with Crippen molar-refractivity contribution in [1.29, 1.82) is 0 Å². The van der Waals surface area contributed by atoms with E-state index in [0.717, 1.165) is 12.5 Å². The van der Waals surface area contributed by atoms with Crippen LogP contribution in [0.3, 0.4) is 0 Å². The Balaban J connectivity index is 2.17. The summed E-state index contributed by atoms with van der Waals surface area (Å²) in [6, 6.07) is 0. The number of unbranched alkanes of at least 4 members (excludes halogenated alkanes) is 1. The minimum atomic E-state index is 0.469. The van der Waals surface area contributed by atoms with Gasteiger partial charge in [-0.3, -0.25) is 0 Å². The van der Waals surface area contributed by atoms with Crippen LogP contribution in [0.25, 0.3) is 0 Å². The summed E-state index contributed by atoms with van der Waals surface area (Å²) in [5.74, 6) is 0.875. The molecule has 1 rings (SSSR count). The van der Waals surface area contributed by atoms with Gasteiger partial charge in [-0.25, -0.2) is 0 Å². The van der Waals surface area contributed by atoms with E-state index < -0.39 is 0 Å². The van der Waals surface area contributed by atoms with Crippen LogP contribution in [0.5, 0.6) is 0 Å². The molecule has 0 aliphatic heterocycles. The molecule has 1 unspecified atom stereocenters. The van der Waals surface area contributed by atoms with Crippen molar-refractivity contribution in [2.24, 2.45) is 17.1 Å². The Morgan fingerprint density at radius 2 is 1.89 bits per heavy atom. The van der Waals surface area contributed by atoms with E-state index in [1.54, 1.807) is 0 Å². The lowest BCUT2D eigenvalue weighted by Crippen LogP contribution is -2.36. The van der Waals surface area contributed by atoms with Gasteiger partial charge in [0.15, 0.2) is 0 Å². The molecule has 1 fully saturated rings. The summed E-state index contributed by atoms with van der Waals surface area (Å²) in [5.41, 5.74) is 6.51. The summed E-state index contributed by atoms with van der Waals surface area (Å²) in [6.45, 7) is 7.87. The fraction of sp³-hybridized carbons (Fsp3) is 1.00. The molecule has 1 aliphatic carbocycles. The predicted octanol–water partition coefficient (Wildman–Crippen LogP) is 4.09. The zero-order valence-electron chi connectivity index (χ0n) is 13.3. The summed E-state index contributed by atoms with van der Waals surface area (Å²) in [6.07, 6.45) is 13.6. The number of hydrogen-bond donors (Lipinski definition) is 2. The van der Waals surface area contributed by atoms with Gasteiger partial charge >= 0.3 is 0 Å². The highest BCUT2D eigenvalue weighted by Crippen LogP contribution is 2.37. The summed E-state index contributed by atoms with van der Waals surface area (Å²) >= 11 is 0. The molecule has 1 atom stereocenters. The molecular weight excluding hydrogens is 232 g/mol. The van der Waals surface area contributed by atoms with E-state index in [0.29, 0.717) is 5.41 Å². The molecule has 0 heterocycles. The average Bonchev–Trinajstić information content (AvgIpc) is 2.47. The molecule has 0 amide bonds. The van der Waals surface area contributed by atoms with Gasteiger partial charge in [-0.15, -0.1) is 0 Å². The first-order valence-corrected chi connectivity index (χ1v) is 8.67. The minimum absolute atomic E-state index is 0.469. The Labute approximate surface area is 120 Å². The maximum Gasteiger partial charge on any atom is -0.00201 e. The lowest BCUT2D eigenvalue weighted by atomic mass is 9.72. The predicted molar refractivity (Wildman–Crippen MR) is 85.4 cm³/mol. The SMILES string of the molecule is CCCCC(CC)CNCCC1(CN)CCCCC1. The zero-order valence-corrected chi connectivity index (χ0v) is 13.3. The van der Waals surface area contributed by atoms with E-state index >= 15 is 0 Å². The van der Waals surface area contributed by atoms with Crippen LogP contribution in [-0.4, -0.2) is 19.6 Å². The quantitative estimate of drug-likeness (QED) is 0.586. The third-order valence-electron chi connectivity index (χ3n) is 5.16. The van der Waals surface area contributed by atoms with E-state index in [1.165, 1.54) is 77.3 Å². The Morgan fingerprint density at radius 1 is 1.16 bits per heavy atom. The first kappa shape index (κ1) is 17.0. The van der Waals surface area contributed by atoms with Crippen LogP contribution in [0.2, 0.25) is 0 Å². The van der Waals surface area contributed by atoms with Gasteiger partial charge < -0.3 is 11.1 Å². The monoisotopic (exact) mass is 268 g/mol. The first-order chi connectivity index (χ1) is 9.26. The smallest absolute Gasteiger partial charge is 0.00201 e. The highest BCUT2D eigenvalue weighted by molar-refractivity contribution is 4.84. The van der Waals surface area contributed by atoms with E-state index in [4.69, 9.17) is 5.73 Å². The molecule has 2 nitrogen and oxygen atoms in total. The van der Waals surface area contributed by atoms with Crippen molar-refractivity contribution < 1.29 is 0 Å². The highest BCUT2D eigenvalue weighted by Gasteiger charge is 2.29. The van der Waals surface area contributed by atoms with Crippen LogP contribution in [0, 0.1) is 11.3 Å². The number of rotatable bonds is 10. The largest absolute Gasteiger partial charge is 0.330 e. The third kappa shape index (κ3) is 6.27. The second-order valence-electron chi connectivity index (χ2n) is 6.64. The molecule has 0 radical (unpaired) electrons. The first-order valence-electron chi connectivity index (χ1n) is 8.67. The lowest BCUT2D eigenvalue weighted by Gasteiger charge is -2.36. The molecule has 0 aromatic rings. The fourth-order valence-corrected chi connectivity index (χ4v) is 3.46. The van der Waals surface area contributed by atoms with Gasteiger partial charge in [-0.05, 0) is 56.7 Å². The van der Waals surface area contributed by atoms with Crippen molar-refractivity contribution in [3.63, 3.8) is 0 Å². The van der Waals surface area contributed by atoms with E-state index in [1.807, 2.05) is 0 Å². The fourth-order valence-electron chi connectivity index (χ4n) is 3.46. The van der Waals surface area contributed by atoms with E-state index in [-0.39, 0.29) is 0 Å². The highest BCUT2D eigenvalue weighted by atomic mass is 14.9. The molecule has 0 spiro atoms. The average molecular weight is 268 g/mol. The molecule has 114 valence electrons. The van der Waals surface area contributed by atoms with Gasteiger partial charge in [0, 0.05) is 0 Å². The van der Waals surface area contributed by atoms with Crippen molar-refractivity contribution in [3.8, 4) is 0 Å². The molecule has 2 heteroatoms. The van der Waals surface area contributed by atoms with Crippen LogP contribution >= 0.6 is 0 Å². The van der Waals surface area contributed by atoms with Crippen molar-refractivity contribution in [2.45, 2.75) is 78.1 Å². The molecule has 0 aromatic carbocycles. The van der Waals surface area contributed by atoms with Crippen LogP contribution in [0.15, 0.2) is 0 Å². The van der Waals surface area contributed by atoms with E-state index in [9.17, 15) is 0 Å². The zero-order chi connectivity index (χ0) is 14.0. The van der Waals surface area contributed by atoms with Crippen molar-refractivity contribution >= 4 is 0 Å². The molecule has 0 saturated heterocycles. The molecule has 19 heavy (non-hydrogen) atoms. The van der Waals surface area contributed by atoms with Gasteiger partial charge in [0.1, 0.15) is 0 Å². The van der Waals surface area contributed by atoms with E-state index in [2.05, 4.69) is 19.2 Å². The normalized spacial score (nSPS) is 20.4. The molecule has 1 aliphatic rings. The Bertz CT molecular complexity index is 209. The van der Waals surface area contributed by atoms with Crippen LogP contribution in [0.4, 0.5) is 0 Å². The van der Waals surface area contributed by atoms with Crippen molar-refractivity contribution in [3.05, 3.63) is 0 Å². The topological polar surface area (TPSA) is 38.0 Å². The standard InChI is InChI=1S/C17H36N2/c1-3-5-9-16(4-2)14-19-13-12-17(15-18)10-7-6-8-11-17/h16,19H,3-15,18H2,1-2H3. The molecule has 1 saturated carbocycles. The summed E-state index contributed by atoms with van der Waals surface area (Å²) < 4.78 is 0. The second kappa shape index (κ2) is 9.77. The second-order valence-corrected chi connectivity index (χ2v) is 6.64. The van der Waals surface area contributed by atoms with Gasteiger partial charge in [0.2, 0.25) is 0 Å². The molecular formula is C17H36N2. The summed E-state index contributed by atoms with van der Waals surface area (Å²) in [4.78, 5) is 0. The van der Waals surface area contributed by atoms with Gasteiger partial charge in [-0.1, -0.05) is 52.4 Å². The lowest BCUT2D eigenvalue weighted by molar-refractivity contribution is 0.180. The van der Waals surface area contributed by atoms with Gasteiger partial charge in [-0.2, -0.15) is 0 Å². The summed E-state index contributed by atoms with van der Waals surface area (Å²) in [7, 11) is 0. The molecule has 0 bridgehead atoms. The Kier molecular flexibility index (Phi) is 8.72. The van der Waals surface area contributed by atoms with Crippen LogP contribution in [-0.2, 0) is 0 Å².